The van der Waals surface area contributed by atoms with Gasteiger partial charge in [0.1, 0.15) is 11.4 Å². The zero-order valence-electron chi connectivity index (χ0n) is 7.37. The van der Waals surface area contributed by atoms with E-state index in [4.69, 9.17) is 5.11 Å². The Labute approximate surface area is 83.0 Å². The molecule has 5 heteroatoms. The van der Waals surface area contributed by atoms with Gasteiger partial charge in [-0.3, -0.25) is 4.98 Å². The predicted molar refractivity (Wildman–Crippen MR) is 48.6 cm³/mol. The molecule has 2 rings (SSSR count). The van der Waals surface area contributed by atoms with Crippen LogP contribution < -0.4 is 0 Å². The van der Waals surface area contributed by atoms with E-state index in [1.807, 2.05) is 0 Å². The predicted octanol–water partition coefficient (Wildman–Crippen LogP) is 2.21. The van der Waals surface area contributed by atoms with E-state index in [0.717, 1.165) is 18.3 Å². The lowest BCUT2D eigenvalue weighted by molar-refractivity contribution is 0.0694. The third kappa shape index (κ3) is 1.52. The van der Waals surface area contributed by atoms with Gasteiger partial charge in [0.2, 0.25) is 0 Å². The van der Waals surface area contributed by atoms with Crippen molar-refractivity contribution < 1.29 is 18.7 Å². The second-order valence-corrected chi connectivity index (χ2v) is 2.95. The van der Waals surface area contributed by atoms with Crippen molar-refractivity contribution >= 4 is 16.9 Å². The number of carboxylic acid groups (broad SMARTS) is 1. The second-order valence-electron chi connectivity index (χ2n) is 2.95. The van der Waals surface area contributed by atoms with E-state index in [1.165, 1.54) is 6.07 Å². The summed E-state index contributed by atoms with van der Waals surface area (Å²) in [6, 6.07) is 3.32. The standard InChI is InChI=1S/C10H5F2NO2/c11-5-1-2-6-8(3-5)13-4-7(12)9(6)10(14)15/h1-4H,(H,14,15). The Balaban J connectivity index is 2.88. The smallest absolute Gasteiger partial charge is 0.339 e. The quantitative estimate of drug-likeness (QED) is 0.783. The molecule has 2 aromatic rings. The molecule has 0 aliphatic rings. The van der Waals surface area contributed by atoms with E-state index in [-0.39, 0.29) is 10.9 Å². The number of aromatic carboxylic acids is 1. The Bertz CT molecular complexity index is 554. The van der Waals surface area contributed by atoms with Gasteiger partial charge in [-0.25, -0.2) is 13.6 Å². The number of carbonyl (C=O) groups is 1. The van der Waals surface area contributed by atoms with E-state index in [9.17, 15) is 13.6 Å². The van der Waals surface area contributed by atoms with Crippen molar-refractivity contribution in [3.8, 4) is 0 Å². The van der Waals surface area contributed by atoms with Crippen LogP contribution in [0.15, 0.2) is 24.4 Å². The molecule has 1 heterocycles. The molecular formula is C10H5F2NO2. The van der Waals surface area contributed by atoms with Gasteiger partial charge in [0.15, 0.2) is 5.82 Å². The number of rotatable bonds is 1. The average molecular weight is 209 g/mol. The molecular weight excluding hydrogens is 204 g/mol. The molecule has 3 nitrogen and oxygen atoms in total. The van der Waals surface area contributed by atoms with E-state index in [2.05, 4.69) is 4.98 Å². The minimum absolute atomic E-state index is 0.0869. The van der Waals surface area contributed by atoms with Gasteiger partial charge in [0, 0.05) is 11.5 Å². The highest BCUT2D eigenvalue weighted by atomic mass is 19.1. The summed E-state index contributed by atoms with van der Waals surface area (Å²) < 4.78 is 25.9. The van der Waals surface area contributed by atoms with Crippen molar-refractivity contribution in [2.75, 3.05) is 0 Å². The summed E-state index contributed by atoms with van der Waals surface area (Å²) in [7, 11) is 0. The van der Waals surface area contributed by atoms with Gasteiger partial charge in [0.25, 0.3) is 0 Å². The molecule has 0 unspecified atom stereocenters. The third-order valence-corrected chi connectivity index (χ3v) is 2.00. The summed E-state index contributed by atoms with van der Waals surface area (Å²) in [5, 5.41) is 8.86. The normalized spacial score (nSPS) is 10.5. The fraction of sp³-hybridized carbons (Fsp3) is 0. The second kappa shape index (κ2) is 3.27. The molecule has 1 aromatic carbocycles. The van der Waals surface area contributed by atoms with Crippen LogP contribution in [0.4, 0.5) is 8.78 Å². The number of hydrogen-bond acceptors (Lipinski definition) is 2. The molecule has 0 spiro atoms. The van der Waals surface area contributed by atoms with E-state index in [0.29, 0.717) is 0 Å². The summed E-state index contributed by atoms with van der Waals surface area (Å²) in [6.45, 7) is 0. The van der Waals surface area contributed by atoms with Crippen LogP contribution in [0, 0.1) is 11.6 Å². The van der Waals surface area contributed by atoms with Crippen LogP contribution >= 0.6 is 0 Å². The molecule has 0 aliphatic carbocycles. The topological polar surface area (TPSA) is 50.2 Å². The van der Waals surface area contributed by atoms with Crippen LogP contribution in [-0.4, -0.2) is 16.1 Å². The molecule has 1 N–H and O–H groups in total. The Morgan fingerprint density at radius 3 is 2.73 bits per heavy atom. The van der Waals surface area contributed by atoms with Gasteiger partial charge >= 0.3 is 5.97 Å². The van der Waals surface area contributed by atoms with E-state index >= 15 is 0 Å². The maximum atomic E-state index is 13.1. The zero-order valence-corrected chi connectivity index (χ0v) is 7.37. The van der Waals surface area contributed by atoms with Crippen LogP contribution in [0.3, 0.4) is 0 Å². The molecule has 0 fully saturated rings. The maximum absolute atomic E-state index is 13.1. The van der Waals surface area contributed by atoms with Crippen LogP contribution in [-0.2, 0) is 0 Å². The Hall–Kier alpha value is -2.04. The fourth-order valence-electron chi connectivity index (χ4n) is 1.36. The molecule has 0 amide bonds. The highest BCUT2D eigenvalue weighted by molar-refractivity contribution is 6.02. The van der Waals surface area contributed by atoms with Crippen molar-refractivity contribution in [2.45, 2.75) is 0 Å². The van der Waals surface area contributed by atoms with Crippen LogP contribution in [0.25, 0.3) is 10.9 Å². The van der Waals surface area contributed by atoms with Gasteiger partial charge in [0.05, 0.1) is 11.7 Å². The number of fused-ring (bicyclic) bond motifs is 1. The van der Waals surface area contributed by atoms with Gasteiger partial charge < -0.3 is 5.11 Å². The number of hydrogen-bond donors (Lipinski definition) is 1. The zero-order chi connectivity index (χ0) is 11.0. The van der Waals surface area contributed by atoms with Gasteiger partial charge in [-0.2, -0.15) is 0 Å². The number of carboxylic acids is 1. The van der Waals surface area contributed by atoms with Crippen molar-refractivity contribution in [1.29, 1.82) is 0 Å². The minimum atomic E-state index is -1.40. The van der Waals surface area contributed by atoms with Crippen molar-refractivity contribution in [1.82, 2.24) is 4.98 Å². The molecule has 0 aliphatic heterocycles. The fourth-order valence-corrected chi connectivity index (χ4v) is 1.36. The van der Waals surface area contributed by atoms with Crippen molar-refractivity contribution in [3.05, 3.63) is 41.6 Å². The lowest BCUT2D eigenvalue weighted by atomic mass is 10.1. The average Bonchev–Trinajstić information content (AvgIpc) is 2.17. The summed E-state index contributed by atoms with van der Waals surface area (Å²) in [5.41, 5.74) is -0.367. The Morgan fingerprint density at radius 2 is 2.07 bits per heavy atom. The van der Waals surface area contributed by atoms with Crippen LogP contribution in [0.5, 0.6) is 0 Å². The van der Waals surface area contributed by atoms with Crippen molar-refractivity contribution in [2.24, 2.45) is 0 Å². The molecule has 0 saturated carbocycles. The number of benzene rings is 1. The Kier molecular flexibility index (Phi) is 2.07. The van der Waals surface area contributed by atoms with E-state index < -0.39 is 23.2 Å². The first kappa shape index (κ1) is 9.51. The molecule has 76 valence electrons. The van der Waals surface area contributed by atoms with Crippen molar-refractivity contribution in [3.63, 3.8) is 0 Å². The number of pyridine rings is 1. The van der Waals surface area contributed by atoms with Gasteiger partial charge in [-0.1, -0.05) is 0 Å². The van der Waals surface area contributed by atoms with Crippen LogP contribution in [0.2, 0.25) is 0 Å². The molecule has 0 atom stereocenters. The highest BCUT2D eigenvalue weighted by Gasteiger charge is 2.15. The number of nitrogens with zero attached hydrogens (tertiary/aromatic N) is 1. The first-order valence-electron chi connectivity index (χ1n) is 4.06. The van der Waals surface area contributed by atoms with Gasteiger partial charge in [-0.05, 0) is 12.1 Å². The Morgan fingerprint density at radius 1 is 1.33 bits per heavy atom. The minimum Gasteiger partial charge on any atom is -0.478 e. The third-order valence-electron chi connectivity index (χ3n) is 2.00. The molecule has 1 aromatic heterocycles. The molecule has 15 heavy (non-hydrogen) atoms. The lowest BCUT2D eigenvalue weighted by Crippen LogP contribution is -2.02. The maximum Gasteiger partial charge on any atom is 0.339 e. The molecule has 0 saturated heterocycles. The number of halogens is 2. The summed E-state index contributed by atoms with van der Waals surface area (Å²) in [5.74, 6) is -2.87. The first-order chi connectivity index (χ1) is 7.09. The summed E-state index contributed by atoms with van der Waals surface area (Å²) in [6.07, 6.45) is 0.769. The van der Waals surface area contributed by atoms with E-state index in [1.54, 1.807) is 0 Å². The summed E-state index contributed by atoms with van der Waals surface area (Å²) >= 11 is 0. The largest absolute Gasteiger partial charge is 0.478 e. The SMILES string of the molecule is O=C(O)c1c(F)cnc2cc(F)ccc12. The highest BCUT2D eigenvalue weighted by Crippen LogP contribution is 2.20. The lowest BCUT2D eigenvalue weighted by Gasteiger charge is -2.02. The molecule has 0 bridgehead atoms. The summed E-state index contributed by atoms with van der Waals surface area (Å²) in [4.78, 5) is 14.4. The van der Waals surface area contributed by atoms with Gasteiger partial charge in [-0.15, -0.1) is 0 Å². The molecule has 0 radical (unpaired) electrons. The first-order valence-corrected chi connectivity index (χ1v) is 4.06. The van der Waals surface area contributed by atoms with Crippen LogP contribution in [0.1, 0.15) is 10.4 Å². The monoisotopic (exact) mass is 209 g/mol. The number of aromatic nitrogens is 1.